The molecule has 5 heteroatoms. The van der Waals surface area contributed by atoms with Crippen LogP contribution >= 0.6 is 0 Å². The summed E-state index contributed by atoms with van der Waals surface area (Å²) in [6.07, 6.45) is 0. The van der Waals surface area contributed by atoms with Crippen molar-refractivity contribution in [3.63, 3.8) is 0 Å². The van der Waals surface area contributed by atoms with Crippen LogP contribution in [0.15, 0.2) is 223 Å². The maximum atomic E-state index is 6.87. The highest BCUT2D eigenvalue weighted by Crippen LogP contribution is 2.52. The Morgan fingerprint density at radius 3 is 1.87 bits per heavy atom. The Balaban J connectivity index is 1.19. The minimum atomic E-state index is -2.94. The Hall–Kier alpha value is -7.86. The number of fused-ring (bicyclic) bond motifs is 12. The summed E-state index contributed by atoms with van der Waals surface area (Å²) in [6, 6.07) is 82.3. The van der Waals surface area contributed by atoms with Crippen LogP contribution in [0.3, 0.4) is 0 Å². The van der Waals surface area contributed by atoms with Crippen LogP contribution in [-0.2, 0) is 5.41 Å². The molecule has 0 unspecified atom stereocenters. The molecular weight excluding hydrogens is 828 g/mol. The summed E-state index contributed by atoms with van der Waals surface area (Å²) >= 11 is 0. The number of anilines is 5. The molecule has 0 saturated carbocycles. The largest absolute Gasteiger partial charge is 0.456 e. The quantitative estimate of drug-likeness (QED) is 0.164. The van der Waals surface area contributed by atoms with Crippen molar-refractivity contribution < 1.29 is 4.42 Å². The van der Waals surface area contributed by atoms with Gasteiger partial charge in [0.1, 0.15) is 11.2 Å². The molecule has 1 aromatic heterocycles. The van der Waals surface area contributed by atoms with Gasteiger partial charge in [0.15, 0.2) is 8.07 Å². The van der Waals surface area contributed by atoms with Gasteiger partial charge in [-0.15, -0.1) is 0 Å². The molecule has 11 aromatic rings. The highest BCUT2D eigenvalue weighted by atomic mass is 28.3. The molecule has 3 aliphatic rings. The third-order valence-corrected chi connectivity index (χ3v) is 19.9. The Morgan fingerprint density at radius 2 is 1.10 bits per heavy atom. The van der Waals surface area contributed by atoms with E-state index in [1.54, 1.807) is 0 Å². The first-order valence-electron chi connectivity index (χ1n) is 23.5. The smallest absolute Gasteiger partial charge is 0.333 e. The van der Waals surface area contributed by atoms with Gasteiger partial charge in [-0.25, -0.2) is 0 Å². The van der Waals surface area contributed by atoms with Gasteiger partial charge in [0.05, 0.1) is 5.69 Å². The van der Waals surface area contributed by atoms with E-state index in [4.69, 9.17) is 4.42 Å². The van der Waals surface area contributed by atoms with E-state index < -0.39 is 8.07 Å². The Kier molecular flexibility index (Phi) is 8.07. The summed E-state index contributed by atoms with van der Waals surface area (Å²) in [5.74, 6) is 0. The number of hydrogen-bond donors (Lipinski definition) is 0. The van der Waals surface area contributed by atoms with Gasteiger partial charge in [0, 0.05) is 44.6 Å². The van der Waals surface area contributed by atoms with Crippen LogP contribution in [0.5, 0.6) is 0 Å². The number of para-hydroxylation sites is 3. The molecule has 10 aromatic carbocycles. The van der Waals surface area contributed by atoms with E-state index in [2.05, 4.69) is 249 Å². The van der Waals surface area contributed by atoms with Crippen molar-refractivity contribution in [3.8, 4) is 22.3 Å². The zero-order chi connectivity index (χ0) is 44.6. The van der Waals surface area contributed by atoms with Crippen LogP contribution < -0.4 is 41.4 Å². The Morgan fingerprint density at radius 1 is 0.463 bits per heavy atom. The third kappa shape index (κ3) is 5.23. The molecule has 0 bridgehead atoms. The normalized spacial score (nSPS) is 14.2. The summed E-state index contributed by atoms with van der Waals surface area (Å²) in [5.41, 5.74) is 16.7. The maximum absolute atomic E-state index is 6.87. The molecule has 0 fully saturated rings. The molecule has 0 radical (unpaired) electrons. The van der Waals surface area contributed by atoms with Gasteiger partial charge in [-0.2, -0.15) is 0 Å². The molecule has 316 valence electrons. The van der Waals surface area contributed by atoms with Crippen LogP contribution in [-0.4, -0.2) is 14.9 Å². The molecule has 3 aliphatic heterocycles. The second-order valence-electron chi connectivity index (χ2n) is 19.5. The summed E-state index contributed by atoms with van der Waals surface area (Å²) in [5, 5.41) is 10.4. The highest BCUT2D eigenvalue weighted by Gasteiger charge is 2.55. The Bertz CT molecular complexity index is 3780. The predicted molar refractivity (Wildman–Crippen MR) is 286 cm³/mol. The summed E-state index contributed by atoms with van der Waals surface area (Å²) < 4.78 is 6.87. The fourth-order valence-electron chi connectivity index (χ4n) is 12.2. The number of hydrogen-bond acceptors (Lipinski definition) is 3. The topological polar surface area (TPSA) is 19.6 Å². The molecule has 14 rings (SSSR count). The first-order valence-corrected chi connectivity index (χ1v) is 25.5. The molecule has 67 heavy (non-hydrogen) atoms. The maximum Gasteiger partial charge on any atom is 0.333 e. The number of furan rings is 1. The predicted octanol–water partition coefficient (Wildman–Crippen LogP) is 12.1. The van der Waals surface area contributed by atoms with E-state index in [-0.39, 0.29) is 12.3 Å². The lowest BCUT2D eigenvalue weighted by Crippen LogP contribution is -2.79. The van der Waals surface area contributed by atoms with Crippen LogP contribution in [0.4, 0.5) is 28.4 Å². The van der Waals surface area contributed by atoms with E-state index >= 15 is 0 Å². The number of benzene rings is 10. The van der Waals surface area contributed by atoms with Crippen LogP contribution in [0.1, 0.15) is 26.3 Å². The minimum absolute atomic E-state index is 0.0436. The second-order valence-corrected chi connectivity index (χ2v) is 23.3. The summed E-state index contributed by atoms with van der Waals surface area (Å²) in [6.45, 7) is 6.74. The summed E-state index contributed by atoms with van der Waals surface area (Å²) in [4.78, 5) is 5.36. The molecule has 4 heterocycles. The molecular formula is C62H45BN2OSi. The highest BCUT2D eigenvalue weighted by molar-refractivity contribution is 7.22. The number of rotatable bonds is 4. The molecule has 3 nitrogen and oxygen atoms in total. The fraction of sp³-hybridized carbons (Fsp3) is 0.0645. The van der Waals surface area contributed by atoms with Crippen molar-refractivity contribution in [1.82, 2.24) is 0 Å². The SMILES string of the molecule is CC(C)(C)c1ccc(N2c3cc4ccccc4c4c3B(c3c2ccc2oc5ccccc5c32)N2c3ccccc3[Si](c3ccccc3)(c3ccccc3)c3cccc-4c32)c(-c2ccccc2)c1. The van der Waals surface area contributed by atoms with Crippen molar-refractivity contribution in [2.75, 3.05) is 9.71 Å². The molecule has 0 saturated heterocycles. The van der Waals surface area contributed by atoms with Crippen molar-refractivity contribution in [1.29, 1.82) is 0 Å². The van der Waals surface area contributed by atoms with Gasteiger partial charge in [0.2, 0.25) is 0 Å². The standard InChI is InChI=1S/C62H45BN2OSi/c1-62(2,3)42-34-35-49(48(39-42)40-20-7-4-8-21-40)64-51-36-37-54-58(46-28-15-17-31-53(46)66-54)59(51)63-60-52(64)38-41-22-13-14-27-45(41)57(60)47-29-19-33-56-61(47)65(63)50-30-16-18-32-55(50)67(56,43-23-9-5-10-24-43)44-25-11-6-12-26-44/h4-39H,1-3H3. The Labute approximate surface area is 392 Å². The van der Waals surface area contributed by atoms with Gasteiger partial charge in [0.25, 0.3) is 0 Å². The molecule has 0 spiro atoms. The van der Waals surface area contributed by atoms with Crippen molar-refractivity contribution >= 4 is 108 Å². The first-order chi connectivity index (χ1) is 32.9. The van der Waals surface area contributed by atoms with Crippen molar-refractivity contribution in [2.24, 2.45) is 0 Å². The van der Waals surface area contributed by atoms with E-state index in [0.29, 0.717) is 0 Å². The fourth-order valence-corrected chi connectivity index (χ4v) is 17.4. The van der Waals surface area contributed by atoms with E-state index in [1.807, 2.05) is 0 Å². The van der Waals surface area contributed by atoms with E-state index in [9.17, 15) is 0 Å². The van der Waals surface area contributed by atoms with Gasteiger partial charge < -0.3 is 14.1 Å². The molecule has 0 N–H and O–H groups in total. The van der Waals surface area contributed by atoms with E-state index in [0.717, 1.165) is 27.9 Å². The average molecular weight is 873 g/mol. The second kappa shape index (κ2) is 14.1. The van der Waals surface area contributed by atoms with Gasteiger partial charge in [-0.05, 0) is 107 Å². The lowest BCUT2D eigenvalue weighted by Gasteiger charge is -2.52. The van der Waals surface area contributed by atoms with Gasteiger partial charge >= 0.3 is 6.85 Å². The van der Waals surface area contributed by atoms with Crippen LogP contribution in [0.25, 0.3) is 55.0 Å². The van der Waals surface area contributed by atoms with Crippen molar-refractivity contribution in [2.45, 2.75) is 26.2 Å². The molecule has 0 amide bonds. The van der Waals surface area contributed by atoms with E-state index in [1.165, 1.54) is 92.7 Å². The first kappa shape index (κ1) is 38.4. The average Bonchev–Trinajstić information content (AvgIpc) is 3.76. The molecule has 0 atom stereocenters. The zero-order valence-corrected chi connectivity index (χ0v) is 38.7. The zero-order valence-electron chi connectivity index (χ0n) is 37.7. The molecule has 0 aliphatic carbocycles. The van der Waals surface area contributed by atoms with Gasteiger partial charge in [-0.3, -0.25) is 0 Å². The van der Waals surface area contributed by atoms with Crippen LogP contribution in [0.2, 0.25) is 0 Å². The van der Waals surface area contributed by atoms with Crippen molar-refractivity contribution in [3.05, 3.63) is 224 Å². The lowest BCUT2D eigenvalue weighted by molar-refractivity contribution is 0.590. The lowest BCUT2D eigenvalue weighted by atomic mass is 9.42. The van der Waals surface area contributed by atoms with Gasteiger partial charge in [-0.1, -0.05) is 197 Å². The number of nitrogens with zero attached hydrogens (tertiary/aromatic N) is 2. The summed E-state index contributed by atoms with van der Waals surface area (Å²) in [7, 11) is -2.94. The third-order valence-electron chi connectivity index (χ3n) is 15.0. The minimum Gasteiger partial charge on any atom is -0.456 e. The van der Waals surface area contributed by atoms with Crippen LogP contribution in [0, 0.1) is 0 Å². The monoisotopic (exact) mass is 872 g/mol.